The van der Waals surface area contributed by atoms with Crippen LogP contribution in [0.25, 0.3) is 0 Å². The minimum Gasteiger partial charge on any atom is -0.480 e. The summed E-state index contributed by atoms with van der Waals surface area (Å²) in [7, 11) is 0. The molecular weight excluding hydrogens is 256 g/mol. The molecule has 1 aliphatic rings. The first-order chi connectivity index (χ1) is 9.36. The second-order valence-electron chi connectivity index (χ2n) is 6.43. The lowest BCUT2D eigenvalue weighted by molar-refractivity contribution is -0.155. The van der Waals surface area contributed by atoms with Gasteiger partial charge in [0.25, 0.3) is 0 Å². The Morgan fingerprint density at radius 1 is 1.40 bits per heavy atom. The van der Waals surface area contributed by atoms with Gasteiger partial charge in [-0.05, 0) is 43.6 Å². The zero-order valence-corrected chi connectivity index (χ0v) is 12.8. The smallest absolute Gasteiger partial charge is 0.326 e. The summed E-state index contributed by atoms with van der Waals surface area (Å²) >= 11 is 0. The van der Waals surface area contributed by atoms with Crippen molar-refractivity contribution >= 4 is 11.9 Å². The van der Waals surface area contributed by atoms with Crippen LogP contribution >= 0.6 is 0 Å². The number of hydrogen-bond acceptors (Lipinski definition) is 3. The molecule has 0 aromatic heterocycles. The minimum atomic E-state index is -0.890. The van der Waals surface area contributed by atoms with E-state index in [0.29, 0.717) is 25.4 Å². The molecule has 0 spiro atoms. The Morgan fingerprint density at radius 3 is 2.55 bits per heavy atom. The summed E-state index contributed by atoms with van der Waals surface area (Å²) in [5, 5.41) is 9.35. The van der Waals surface area contributed by atoms with Crippen LogP contribution in [-0.4, -0.2) is 41.0 Å². The van der Waals surface area contributed by atoms with E-state index in [-0.39, 0.29) is 17.7 Å². The van der Waals surface area contributed by atoms with Crippen molar-refractivity contribution in [1.29, 1.82) is 0 Å². The van der Waals surface area contributed by atoms with Crippen molar-refractivity contribution in [3.8, 4) is 0 Å². The Hall–Kier alpha value is -1.10. The van der Waals surface area contributed by atoms with Gasteiger partial charge in [0.05, 0.1) is 0 Å². The van der Waals surface area contributed by atoms with Crippen LogP contribution in [0.5, 0.6) is 0 Å². The standard InChI is InChI=1S/C15H28N2O3/c1-10(2)7-12(9-16)8-13(18)17-6-4-5-11(3)14(17)15(19)20/h10-12,14H,4-9,16H2,1-3H3,(H,19,20). The molecule has 1 heterocycles. The predicted molar refractivity (Wildman–Crippen MR) is 78.2 cm³/mol. The van der Waals surface area contributed by atoms with Crippen molar-refractivity contribution in [3.63, 3.8) is 0 Å². The largest absolute Gasteiger partial charge is 0.480 e. The molecule has 1 fully saturated rings. The summed E-state index contributed by atoms with van der Waals surface area (Å²) in [6, 6.07) is -0.672. The number of nitrogens with two attached hydrogens (primary N) is 1. The number of rotatable bonds is 6. The maximum Gasteiger partial charge on any atom is 0.326 e. The van der Waals surface area contributed by atoms with E-state index in [1.54, 1.807) is 4.90 Å². The molecule has 1 amide bonds. The molecule has 0 aromatic rings. The molecule has 20 heavy (non-hydrogen) atoms. The number of amides is 1. The average Bonchev–Trinajstić information content (AvgIpc) is 2.36. The normalized spacial score (nSPS) is 24.8. The number of carbonyl (C=O) groups excluding carboxylic acids is 1. The van der Waals surface area contributed by atoms with Gasteiger partial charge in [-0.3, -0.25) is 4.79 Å². The summed E-state index contributed by atoms with van der Waals surface area (Å²) in [5.74, 6) is -0.286. The third-order valence-electron chi connectivity index (χ3n) is 4.11. The highest BCUT2D eigenvalue weighted by atomic mass is 16.4. The number of aliphatic carboxylic acids is 1. The van der Waals surface area contributed by atoms with Crippen molar-refractivity contribution in [2.24, 2.45) is 23.5 Å². The van der Waals surface area contributed by atoms with Crippen molar-refractivity contribution < 1.29 is 14.7 Å². The summed E-state index contributed by atoms with van der Waals surface area (Å²) in [5.41, 5.74) is 5.73. The van der Waals surface area contributed by atoms with E-state index in [1.165, 1.54) is 0 Å². The van der Waals surface area contributed by atoms with Crippen molar-refractivity contribution in [2.75, 3.05) is 13.1 Å². The van der Waals surface area contributed by atoms with Gasteiger partial charge in [-0.15, -0.1) is 0 Å². The van der Waals surface area contributed by atoms with Gasteiger partial charge in [-0.25, -0.2) is 4.79 Å². The van der Waals surface area contributed by atoms with E-state index < -0.39 is 12.0 Å². The molecule has 3 atom stereocenters. The maximum absolute atomic E-state index is 12.4. The molecule has 0 bridgehead atoms. The molecule has 5 nitrogen and oxygen atoms in total. The second-order valence-corrected chi connectivity index (χ2v) is 6.43. The van der Waals surface area contributed by atoms with Crippen LogP contribution in [0.15, 0.2) is 0 Å². The summed E-state index contributed by atoms with van der Waals surface area (Å²) in [4.78, 5) is 25.4. The quantitative estimate of drug-likeness (QED) is 0.777. The number of carboxylic acid groups (broad SMARTS) is 1. The maximum atomic E-state index is 12.4. The molecule has 0 aromatic carbocycles. The third-order valence-corrected chi connectivity index (χ3v) is 4.11. The Bertz CT molecular complexity index is 344. The van der Waals surface area contributed by atoms with E-state index in [2.05, 4.69) is 13.8 Å². The van der Waals surface area contributed by atoms with Gasteiger partial charge in [0.15, 0.2) is 0 Å². The molecule has 1 saturated heterocycles. The van der Waals surface area contributed by atoms with Crippen LogP contribution in [-0.2, 0) is 9.59 Å². The Labute approximate surface area is 121 Å². The topological polar surface area (TPSA) is 83.6 Å². The molecule has 3 N–H and O–H groups in total. The fraction of sp³-hybridized carbons (Fsp3) is 0.867. The number of hydrogen-bond donors (Lipinski definition) is 2. The first kappa shape index (κ1) is 17.0. The van der Waals surface area contributed by atoms with Crippen LogP contribution in [0, 0.1) is 17.8 Å². The predicted octanol–water partition coefficient (Wildman–Crippen LogP) is 1.71. The van der Waals surface area contributed by atoms with E-state index >= 15 is 0 Å². The monoisotopic (exact) mass is 284 g/mol. The van der Waals surface area contributed by atoms with Crippen LogP contribution in [0.3, 0.4) is 0 Å². The third kappa shape index (κ3) is 4.47. The molecule has 0 aliphatic carbocycles. The average molecular weight is 284 g/mol. The van der Waals surface area contributed by atoms with Gasteiger partial charge < -0.3 is 15.7 Å². The number of nitrogens with zero attached hydrogens (tertiary/aromatic N) is 1. The highest BCUT2D eigenvalue weighted by Crippen LogP contribution is 2.25. The minimum absolute atomic E-state index is 0.0200. The van der Waals surface area contributed by atoms with E-state index in [4.69, 9.17) is 5.73 Å². The van der Waals surface area contributed by atoms with Gasteiger partial charge in [-0.1, -0.05) is 20.8 Å². The van der Waals surface area contributed by atoms with Crippen LogP contribution in [0.2, 0.25) is 0 Å². The summed E-state index contributed by atoms with van der Waals surface area (Å²) in [6.07, 6.45) is 3.02. The first-order valence-corrected chi connectivity index (χ1v) is 7.59. The van der Waals surface area contributed by atoms with Crippen molar-refractivity contribution in [3.05, 3.63) is 0 Å². The fourth-order valence-electron chi connectivity index (χ4n) is 3.14. The number of piperidine rings is 1. The molecule has 1 rings (SSSR count). The molecule has 5 heteroatoms. The van der Waals surface area contributed by atoms with E-state index in [0.717, 1.165) is 19.3 Å². The molecular formula is C15H28N2O3. The van der Waals surface area contributed by atoms with Crippen LogP contribution in [0.1, 0.15) is 46.5 Å². The molecule has 1 aliphatic heterocycles. The van der Waals surface area contributed by atoms with Gasteiger partial charge >= 0.3 is 5.97 Å². The Morgan fingerprint density at radius 2 is 2.05 bits per heavy atom. The van der Waals surface area contributed by atoms with Gasteiger partial charge in [0.2, 0.25) is 5.91 Å². The first-order valence-electron chi connectivity index (χ1n) is 7.59. The van der Waals surface area contributed by atoms with E-state index in [1.807, 2.05) is 6.92 Å². The second kappa shape index (κ2) is 7.62. The van der Waals surface area contributed by atoms with E-state index in [9.17, 15) is 14.7 Å². The summed E-state index contributed by atoms with van der Waals surface area (Å²) in [6.45, 7) is 7.16. The van der Waals surface area contributed by atoms with Crippen LogP contribution in [0.4, 0.5) is 0 Å². The van der Waals surface area contributed by atoms with Crippen molar-refractivity contribution in [2.45, 2.75) is 52.5 Å². The lowest BCUT2D eigenvalue weighted by atomic mass is 9.89. The molecule has 0 radical (unpaired) electrons. The molecule has 0 saturated carbocycles. The summed E-state index contributed by atoms with van der Waals surface area (Å²) < 4.78 is 0. The zero-order valence-electron chi connectivity index (χ0n) is 12.8. The fourth-order valence-corrected chi connectivity index (χ4v) is 3.14. The molecule has 3 unspecified atom stereocenters. The highest BCUT2D eigenvalue weighted by Gasteiger charge is 2.37. The highest BCUT2D eigenvalue weighted by molar-refractivity contribution is 5.84. The SMILES string of the molecule is CC(C)CC(CN)CC(=O)N1CCCC(C)C1C(=O)O. The molecule has 116 valence electrons. The lowest BCUT2D eigenvalue weighted by Crippen LogP contribution is -2.52. The zero-order chi connectivity index (χ0) is 15.3. The number of carbonyl (C=O) groups is 2. The van der Waals surface area contributed by atoms with Gasteiger partial charge in [0, 0.05) is 13.0 Å². The Balaban J connectivity index is 2.70. The van der Waals surface area contributed by atoms with Crippen LogP contribution < -0.4 is 5.73 Å². The van der Waals surface area contributed by atoms with Gasteiger partial charge in [0.1, 0.15) is 6.04 Å². The van der Waals surface area contributed by atoms with Gasteiger partial charge in [-0.2, -0.15) is 0 Å². The Kier molecular flexibility index (Phi) is 6.46. The number of likely N-dealkylation sites (tertiary alicyclic amines) is 1. The number of carboxylic acids is 1. The van der Waals surface area contributed by atoms with Crippen molar-refractivity contribution in [1.82, 2.24) is 4.90 Å². The lowest BCUT2D eigenvalue weighted by Gasteiger charge is -2.38.